The second-order valence-electron chi connectivity index (χ2n) is 3.05. The summed E-state index contributed by atoms with van der Waals surface area (Å²) in [6.07, 6.45) is 6.14. The Bertz CT molecular complexity index is 190. The van der Waals surface area contributed by atoms with E-state index in [9.17, 15) is 8.42 Å². The second-order valence-corrected chi connectivity index (χ2v) is 4.63. The predicted molar refractivity (Wildman–Crippen MR) is 55.5 cm³/mol. The van der Waals surface area contributed by atoms with Crippen LogP contribution in [0.3, 0.4) is 0 Å². The van der Waals surface area contributed by atoms with E-state index in [2.05, 4.69) is 6.92 Å². The molecule has 0 amide bonds. The largest absolute Gasteiger partial charge is 2.00 e. The van der Waals surface area contributed by atoms with Crippen LogP contribution in [0.4, 0.5) is 0 Å². The van der Waals surface area contributed by atoms with Gasteiger partial charge in [0.25, 0.3) is 10.1 Å². The van der Waals surface area contributed by atoms with Crippen molar-refractivity contribution < 1.29 is 13.0 Å². The van der Waals surface area contributed by atoms with Crippen molar-refractivity contribution in [2.75, 3.05) is 5.75 Å². The van der Waals surface area contributed by atoms with E-state index >= 15 is 0 Å². The van der Waals surface area contributed by atoms with E-state index in [0.29, 0.717) is 6.42 Å². The van der Waals surface area contributed by atoms with Gasteiger partial charge in [-0.3, -0.25) is 4.55 Å². The molecule has 0 aromatic carbocycles. The van der Waals surface area contributed by atoms with E-state index in [1.165, 1.54) is 19.3 Å². The Morgan fingerprint density at radius 1 is 1.00 bits per heavy atom. The van der Waals surface area contributed by atoms with Gasteiger partial charge in [-0.05, 0) is 6.42 Å². The molecular weight excluding hydrogens is 216 g/mol. The molecule has 5 heteroatoms. The smallest absolute Gasteiger partial charge is 0.286 e. The fraction of sp³-hybridized carbons (Fsp3) is 1.00. The van der Waals surface area contributed by atoms with Gasteiger partial charge in [0.1, 0.15) is 0 Å². The fourth-order valence-corrected chi connectivity index (χ4v) is 1.63. The summed E-state index contributed by atoms with van der Waals surface area (Å²) in [5.74, 6) is -0.0842. The van der Waals surface area contributed by atoms with Crippen LogP contribution in [0.25, 0.3) is 0 Å². The van der Waals surface area contributed by atoms with Crippen molar-refractivity contribution in [3.8, 4) is 0 Å². The zero-order valence-electron chi connectivity index (χ0n) is 8.33. The molecule has 74 valence electrons. The van der Waals surface area contributed by atoms with Crippen LogP contribution >= 0.6 is 0 Å². The van der Waals surface area contributed by atoms with E-state index in [0.717, 1.165) is 12.8 Å². The molecular formula is C8H18CaO3S+2. The van der Waals surface area contributed by atoms with E-state index in [1.54, 1.807) is 0 Å². The van der Waals surface area contributed by atoms with Crippen LogP contribution in [0.5, 0.6) is 0 Å². The monoisotopic (exact) mass is 234 g/mol. The first-order valence-electron chi connectivity index (χ1n) is 4.51. The van der Waals surface area contributed by atoms with Crippen LogP contribution in [0.15, 0.2) is 0 Å². The third kappa shape index (κ3) is 15.9. The van der Waals surface area contributed by atoms with E-state index < -0.39 is 10.1 Å². The standard InChI is InChI=1S/C8H18O3S.Ca/c1-2-3-4-5-6-7-8-12(9,10)11;/h2-8H2,1H3,(H,9,10,11);/q;+2. The Labute approximate surface area is 111 Å². The summed E-state index contributed by atoms with van der Waals surface area (Å²) in [5.41, 5.74) is 0. The van der Waals surface area contributed by atoms with Crippen LogP contribution in [0, 0.1) is 0 Å². The topological polar surface area (TPSA) is 54.4 Å². The van der Waals surface area contributed by atoms with E-state index in [1.807, 2.05) is 0 Å². The molecule has 1 N–H and O–H groups in total. The fourth-order valence-electron chi connectivity index (χ4n) is 1.06. The first-order valence-corrected chi connectivity index (χ1v) is 6.12. The van der Waals surface area contributed by atoms with Crippen LogP contribution < -0.4 is 0 Å². The summed E-state index contributed by atoms with van der Waals surface area (Å²) >= 11 is 0. The zero-order valence-corrected chi connectivity index (χ0v) is 11.4. The molecule has 0 rings (SSSR count). The number of unbranched alkanes of at least 4 members (excludes halogenated alkanes) is 5. The molecule has 0 aromatic rings. The van der Waals surface area contributed by atoms with Crippen molar-refractivity contribution in [1.82, 2.24) is 0 Å². The maximum Gasteiger partial charge on any atom is 2.00 e. The first kappa shape index (κ1) is 16.6. The van der Waals surface area contributed by atoms with Gasteiger partial charge in [0.15, 0.2) is 0 Å². The van der Waals surface area contributed by atoms with Gasteiger partial charge in [-0.15, -0.1) is 0 Å². The van der Waals surface area contributed by atoms with Crippen LogP contribution in [0.2, 0.25) is 0 Å². The molecule has 0 spiro atoms. The van der Waals surface area contributed by atoms with Crippen molar-refractivity contribution in [2.24, 2.45) is 0 Å². The maximum atomic E-state index is 10.3. The molecule has 0 atom stereocenters. The Kier molecular flexibility index (Phi) is 12.4. The molecule has 0 heterocycles. The summed E-state index contributed by atoms with van der Waals surface area (Å²) in [6, 6.07) is 0. The van der Waals surface area contributed by atoms with E-state index in [-0.39, 0.29) is 43.5 Å². The van der Waals surface area contributed by atoms with Crippen molar-refractivity contribution >= 4 is 47.9 Å². The SMILES string of the molecule is CCCCCCCCS(=O)(=O)O.[Ca+2]. The van der Waals surface area contributed by atoms with Crippen molar-refractivity contribution in [3.63, 3.8) is 0 Å². The number of hydrogen-bond acceptors (Lipinski definition) is 2. The van der Waals surface area contributed by atoms with E-state index in [4.69, 9.17) is 4.55 Å². The quantitative estimate of drug-likeness (QED) is 0.415. The van der Waals surface area contributed by atoms with Crippen LogP contribution in [-0.4, -0.2) is 56.5 Å². The summed E-state index contributed by atoms with van der Waals surface area (Å²) in [6.45, 7) is 2.14. The Morgan fingerprint density at radius 3 is 1.92 bits per heavy atom. The molecule has 0 unspecified atom stereocenters. The minimum absolute atomic E-state index is 0. The first-order chi connectivity index (χ1) is 5.56. The van der Waals surface area contributed by atoms with Crippen LogP contribution in [-0.2, 0) is 10.1 Å². The van der Waals surface area contributed by atoms with Crippen molar-refractivity contribution in [2.45, 2.75) is 45.4 Å². The minimum Gasteiger partial charge on any atom is -0.286 e. The molecule has 3 nitrogen and oxygen atoms in total. The van der Waals surface area contributed by atoms with Gasteiger partial charge in [0.05, 0.1) is 5.75 Å². The normalized spacial score (nSPS) is 10.9. The van der Waals surface area contributed by atoms with Gasteiger partial charge in [-0.25, -0.2) is 0 Å². The molecule has 0 aliphatic heterocycles. The van der Waals surface area contributed by atoms with Crippen molar-refractivity contribution in [1.29, 1.82) is 0 Å². The van der Waals surface area contributed by atoms with Gasteiger partial charge < -0.3 is 0 Å². The molecule has 0 saturated heterocycles. The Balaban J connectivity index is 0. The van der Waals surface area contributed by atoms with Crippen molar-refractivity contribution in [3.05, 3.63) is 0 Å². The summed E-state index contributed by atoms with van der Waals surface area (Å²) in [4.78, 5) is 0. The van der Waals surface area contributed by atoms with Gasteiger partial charge in [-0.1, -0.05) is 39.0 Å². The molecule has 0 saturated carbocycles. The third-order valence-electron chi connectivity index (χ3n) is 1.76. The number of hydrogen-bond donors (Lipinski definition) is 1. The molecule has 0 radical (unpaired) electrons. The molecule has 0 bridgehead atoms. The average Bonchev–Trinajstić information content (AvgIpc) is 1.94. The third-order valence-corrected chi connectivity index (χ3v) is 2.56. The van der Waals surface area contributed by atoms with Crippen LogP contribution in [0.1, 0.15) is 45.4 Å². The number of rotatable bonds is 7. The van der Waals surface area contributed by atoms with Gasteiger partial charge in [0.2, 0.25) is 0 Å². The minimum atomic E-state index is -3.72. The summed E-state index contributed by atoms with van der Waals surface area (Å²) in [5, 5.41) is 0. The molecule has 0 aliphatic rings. The summed E-state index contributed by atoms with van der Waals surface area (Å²) < 4.78 is 28.9. The average molecular weight is 234 g/mol. The molecule has 0 fully saturated rings. The summed E-state index contributed by atoms with van der Waals surface area (Å²) in [7, 11) is -3.72. The molecule has 0 aliphatic carbocycles. The zero-order chi connectivity index (χ0) is 9.45. The second kappa shape index (κ2) is 9.71. The Hall–Kier alpha value is 1.17. The molecule has 13 heavy (non-hydrogen) atoms. The van der Waals surface area contributed by atoms with Gasteiger partial charge >= 0.3 is 37.7 Å². The van der Waals surface area contributed by atoms with Gasteiger partial charge in [-0.2, -0.15) is 8.42 Å². The predicted octanol–water partition coefficient (Wildman–Crippen LogP) is 1.85. The molecule has 0 aromatic heterocycles. The van der Waals surface area contributed by atoms with Gasteiger partial charge in [0, 0.05) is 0 Å². The Morgan fingerprint density at radius 2 is 1.46 bits per heavy atom. The maximum absolute atomic E-state index is 10.3.